The Kier molecular flexibility index (Phi) is 6.01. The van der Waals surface area contributed by atoms with Crippen molar-refractivity contribution in [2.75, 3.05) is 16.8 Å². The molecule has 0 saturated carbocycles. The Hall–Kier alpha value is -3.20. The molecule has 0 atom stereocenters. The van der Waals surface area contributed by atoms with Gasteiger partial charge in [0, 0.05) is 22.7 Å². The molecule has 0 unspecified atom stereocenters. The average molecular weight is 462 g/mol. The van der Waals surface area contributed by atoms with Crippen molar-refractivity contribution < 1.29 is 27.2 Å². The van der Waals surface area contributed by atoms with Gasteiger partial charge in [-0.2, -0.15) is 13.2 Å². The minimum absolute atomic E-state index is 0.154. The van der Waals surface area contributed by atoms with Crippen LogP contribution in [0.25, 0.3) is 0 Å². The summed E-state index contributed by atoms with van der Waals surface area (Å²) in [5.74, 6) is -2.30. The van der Waals surface area contributed by atoms with Gasteiger partial charge in [0.2, 0.25) is 0 Å². The topological polar surface area (TPSA) is 49.4 Å². The lowest BCUT2D eigenvalue weighted by Gasteiger charge is -2.21. The van der Waals surface area contributed by atoms with E-state index in [9.17, 15) is 27.2 Å². The molecule has 166 valence electrons. The summed E-state index contributed by atoms with van der Waals surface area (Å²) in [5.41, 5.74) is -0.0298. The Balaban J connectivity index is 1.48. The van der Waals surface area contributed by atoms with Gasteiger partial charge in [0.05, 0.1) is 16.8 Å². The lowest BCUT2D eigenvalue weighted by Crippen LogP contribution is -2.31. The minimum atomic E-state index is -4.70. The number of carbonyl (C=O) groups excluding carboxylic acids is 2. The summed E-state index contributed by atoms with van der Waals surface area (Å²) in [5, 5.41) is 4.41. The third kappa shape index (κ3) is 4.52. The molecule has 1 N–H and O–H groups in total. The standard InChI is InChI=1S/C23H18F4N2O2S/c24-18-13-15(23(25,26)27)6-9-17(18)21(30)28-16-7-4-14(5-8-16)22(31)29-11-2-1-3-20-19(29)10-12-32-20/h4-10,12-13H,1-3,11H2,(H,28,30). The second-order valence-corrected chi connectivity index (χ2v) is 8.37. The highest BCUT2D eigenvalue weighted by Crippen LogP contribution is 2.32. The third-order valence-corrected chi connectivity index (χ3v) is 6.19. The maximum absolute atomic E-state index is 14.0. The highest BCUT2D eigenvalue weighted by molar-refractivity contribution is 7.10. The second kappa shape index (κ2) is 8.74. The lowest BCUT2D eigenvalue weighted by atomic mass is 10.1. The Labute approximate surface area is 185 Å². The molecule has 2 amide bonds. The number of anilines is 2. The predicted molar refractivity (Wildman–Crippen MR) is 115 cm³/mol. The molecule has 1 aromatic heterocycles. The van der Waals surface area contributed by atoms with Crippen LogP contribution in [0, 0.1) is 5.82 Å². The molecule has 0 spiro atoms. The first kappa shape index (κ1) is 22.0. The molecule has 0 aliphatic carbocycles. The van der Waals surface area contributed by atoms with Gasteiger partial charge >= 0.3 is 6.18 Å². The SMILES string of the molecule is O=C(Nc1ccc(C(=O)N2CCCCc3sccc32)cc1)c1ccc(C(F)(F)F)cc1F. The van der Waals surface area contributed by atoms with E-state index < -0.39 is 29.0 Å². The van der Waals surface area contributed by atoms with Gasteiger partial charge in [-0.25, -0.2) is 4.39 Å². The van der Waals surface area contributed by atoms with E-state index >= 15 is 0 Å². The first-order chi connectivity index (χ1) is 15.2. The second-order valence-electron chi connectivity index (χ2n) is 7.37. The molecule has 1 aliphatic rings. The fourth-order valence-corrected chi connectivity index (χ4v) is 4.50. The first-order valence-corrected chi connectivity index (χ1v) is 10.8. The van der Waals surface area contributed by atoms with Crippen molar-refractivity contribution >= 4 is 34.5 Å². The van der Waals surface area contributed by atoms with E-state index in [1.165, 1.54) is 17.0 Å². The zero-order valence-electron chi connectivity index (χ0n) is 16.7. The zero-order chi connectivity index (χ0) is 22.9. The van der Waals surface area contributed by atoms with Gasteiger partial charge < -0.3 is 10.2 Å². The Morgan fingerprint density at radius 2 is 1.75 bits per heavy atom. The van der Waals surface area contributed by atoms with Gasteiger partial charge in [0.15, 0.2) is 0 Å². The van der Waals surface area contributed by atoms with E-state index in [0.29, 0.717) is 18.2 Å². The van der Waals surface area contributed by atoms with E-state index in [4.69, 9.17) is 0 Å². The van der Waals surface area contributed by atoms with Crippen LogP contribution < -0.4 is 10.2 Å². The molecule has 4 rings (SSSR count). The number of hydrogen-bond donors (Lipinski definition) is 1. The zero-order valence-corrected chi connectivity index (χ0v) is 17.5. The molecule has 3 aromatic rings. The Morgan fingerprint density at radius 3 is 2.44 bits per heavy atom. The van der Waals surface area contributed by atoms with Crippen LogP contribution in [-0.4, -0.2) is 18.4 Å². The van der Waals surface area contributed by atoms with E-state index in [-0.39, 0.29) is 17.7 Å². The number of carbonyl (C=O) groups is 2. The molecule has 0 saturated heterocycles. The molecule has 2 aromatic carbocycles. The molecule has 9 heteroatoms. The molecule has 4 nitrogen and oxygen atoms in total. The van der Waals surface area contributed by atoms with E-state index in [2.05, 4.69) is 5.32 Å². The minimum Gasteiger partial charge on any atom is -0.322 e. The van der Waals surface area contributed by atoms with Crippen molar-refractivity contribution in [3.63, 3.8) is 0 Å². The number of fused-ring (bicyclic) bond motifs is 1. The number of thiophene rings is 1. The van der Waals surface area contributed by atoms with Crippen LogP contribution in [0.4, 0.5) is 28.9 Å². The summed E-state index contributed by atoms with van der Waals surface area (Å²) in [6.07, 6.45) is -1.83. The lowest BCUT2D eigenvalue weighted by molar-refractivity contribution is -0.137. The number of nitrogens with one attached hydrogen (secondary N) is 1. The monoisotopic (exact) mass is 462 g/mol. The van der Waals surface area contributed by atoms with Crippen molar-refractivity contribution in [2.24, 2.45) is 0 Å². The number of nitrogens with zero attached hydrogens (tertiary/aromatic N) is 1. The van der Waals surface area contributed by atoms with E-state index in [1.807, 2.05) is 11.4 Å². The van der Waals surface area contributed by atoms with Crippen LogP contribution in [0.1, 0.15) is 44.0 Å². The van der Waals surface area contributed by atoms with Crippen molar-refractivity contribution in [3.05, 3.63) is 81.3 Å². The number of benzene rings is 2. The molecule has 32 heavy (non-hydrogen) atoms. The molecule has 1 aliphatic heterocycles. The average Bonchev–Trinajstić information content (AvgIpc) is 3.12. The predicted octanol–water partition coefficient (Wildman–Crippen LogP) is 6.14. The normalized spacial score (nSPS) is 13.9. The van der Waals surface area contributed by atoms with Gasteiger partial charge in [-0.05, 0) is 73.2 Å². The van der Waals surface area contributed by atoms with E-state index in [1.54, 1.807) is 28.4 Å². The number of hydrogen-bond acceptors (Lipinski definition) is 3. The number of aryl methyl sites for hydroxylation is 1. The quantitative estimate of drug-likeness (QED) is 0.475. The van der Waals surface area contributed by atoms with Crippen LogP contribution in [0.15, 0.2) is 53.9 Å². The van der Waals surface area contributed by atoms with Crippen molar-refractivity contribution in [1.29, 1.82) is 0 Å². The summed E-state index contributed by atoms with van der Waals surface area (Å²) >= 11 is 1.63. The summed E-state index contributed by atoms with van der Waals surface area (Å²) in [6.45, 7) is 0.619. The number of rotatable bonds is 3. The smallest absolute Gasteiger partial charge is 0.322 e. The number of halogens is 4. The van der Waals surface area contributed by atoms with Gasteiger partial charge in [-0.3, -0.25) is 9.59 Å². The summed E-state index contributed by atoms with van der Waals surface area (Å²) in [7, 11) is 0. The third-order valence-electron chi connectivity index (χ3n) is 5.22. The van der Waals surface area contributed by atoms with Gasteiger partial charge in [-0.1, -0.05) is 0 Å². The summed E-state index contributed by atoms with van der Waals surface area (Å²) in [6, 6.07) is 9.78. The first-order valence-electron chi connectivity index (χ1n) is 9.90. The fraction of sp³-hybridized carbons (Fsp3) is 0.217. The van der Waals surface area contributed by atoms with Crippen LogP contribution >= 0.6 is 11.3 Å². The maximum Gasteiger partial charge on any atom is 0.416 e. The molecular weight excluding hydrogens is 444 g/mol. The van der Waals surface area contributed by atoms with Crippen LogP contribution in [-0.2, 0) is 12.6 Å². The van der Waals surface area contributed by atoms with Gasteiger partial charge in [0.25, 0.3) is 11.8 Å². The van der Waals surface area contributed by atoms with Crippen molar-refractivity contribution in [1.82, 2.24) is 0 Å². The van der Waals surface area contributed by atoms with Crippen LogP contribution in [0.3, 0.4) is 0 Å². The number of alkyl halides is 3. The maximum atomic E-state index is 14.0. The fourth-order valence-electron chi connectivity index (χ4n) is 3.57. The molecule has 2 heterocycles. The van der Waals surface area contributed by atoms with Gasteiger partial charge in [-0.15, -0.1) is 11.3 Å². The molecule has 0 bridgehead atoms. The van der Waals surface area contributed by atoms with Crippen molar-refractivity contribution in [2.45, 2.75) is 25.4 Å². The van der Waals surface area contributed by atoms with Gasteiger partial charge in [0.1, 0.15) is 5.82 Å². The number of amides is 2. The van der Waals surface area contributed by atoms with Crippen LogP contribution in [0.5, 0.6) is 0 Å². The largest absolute Gasteiger partial charge is 0.416 e. The van der Waals surface area contributed by atoms with Crippen molar-refractivity contribution in [3.8, 4) is 0 Å². The highest BCUT2D eigenvalue weighted by Gasteiger charge is 2.31. The van der Waals surface area contributed by atoms with E-state index in [0.717, 1.165) is 31.0 Å². The molecule has 0 fully saturated rings. The summed E-state index contributed by atoms with van der Waals surface area (Å²) in [4.78, 5) is 28.3. The molecular formula is C23H18F4N2O2S. The summed E-state index contributed by atoms with van der Waals surface area (Å²) < 4.78 is 52.0. The molecule has 0 radical (unpaired) electrons. The van der Waals surface area contributed by atoms with Crippen LogP contribution in [0.2, 0.25) is 0 Å². The highest BCUT2D eigenvalue weighted by atomic mass is 32.1. The Morgan fingerprint density at radius 1 is 1.00 bits per heavy atom. The Bertz CT molecular complexity index is 1160.